The van der Waals surface area contributed by atoms with Crippen molar-refractivity contribution in [2.45, 2.75) is 85.3 Å². The summed E-state index contributed by atoms with van der Waals surface area (Å²) < 4.78 is 38.6. The lowest BCUT2D eigenvalue weighted by molar-refractivity contribution is -0.0502. The van der Waals surface area contributed by atoms with Crippen LogP contribution >= 0.6 is 0 Å². The molecule has 0 spiro atoms. The number of hydrogen-bond donors (Lipinski definition) is 1. The van der Waals surface area contributed by atoms with E-state index in [1.807, 2.05) is 24.4 Å². The third-order valence-corrected chi connectivity index (χ3v) is 6.46. The van der Waals surface area contributed by atoms with E-state index in [4.69, 9.17) is 9.47 Å². The molecular weight excluding hydrogens is 476 g/mol. The Morgan fingerprint density at radius 1 is 1.14 bits per heavy atom. The number of halogens is 2. The largest absolute Gasteiger partial charge is 0.496 e. The molecule has 1 amide bonds. The van der Waals surface area contributed by atoms with Crippen molar-refractivity contribution in [3.05, 3.63) is 47.8 Å². The number of imidazole rings is 1. The number of aromatic nitrogens is 2. The van der Waals surface area contributed by atoms with E-state index in [0.29, 0.717) is 23.1 Å². The van der Waals surface area contributed by atoms with Gasteiger partial charge in [0.15, 0.2) is 0 Å². The highest BCUT2D eigenvalue weighted by atomic mass is 19.3. The van der Waals surface area contributed by atoms with Gasteiger partial charge in [-0.05, 0) is 60.9 Å². The first-order valence-corrected chi connectivity index (χ1v) is 13.2. The van der Waals surface area contributed by atoms with Gasteiger partial charge in [-0.2, -0.15) is 8.78 Å². The van der Waals surface area contributed by atoms with Crippen LogP contribution in [0, 0.1) is 5.92 Å². The third-order valence-electron chi connectivity index (χ3n) is 6.46. The molecule has 2 aromatic heterocycles. The number of nitrogens with zero attached hydrogens (tertiary/aromatic N) is 2. The number of benzene rings is 1. The fourth-order valence-electron chi connectivity index (χ4n) is 4.31. The Morgan fingerprint density at radius 2 is 1.84 bits per heavy atom. The summed E-state index contributed by atoms with van der Waals surface area (Å²) in [6, 6.07) is 7.30. The van der Waals surface area contributed by atoms with Crippen LogP contribution in [-0.2, 0) is 0 Å². The number of amides is 1. The van der Waals surface area contributed by atoms with Gasteiger partial charge in [-0.15, -0.1) is 0 Å². The smallest absolute Gasteiger partial charge is 0.387 e. The molecule has 1 N–H and O–H groups in total. The van der Waals surface area contributed by atoms with Crippen molar-refractivity contribution < 1.29 is 23.0 Å². The van der Waals surface area contributed by atoms with Crippen LogP contribution in [0.15, 0.2) is 36.7 Å². The molecule has 1 atom stereocenters. The number of methoxy groups -OCH3 is 1. The van der Waals surface area contributed by atoms with Crippen molar-refractivity contribution in [3.8, 4) is 22.8 Å². The molecule has 0 saturated heterocycles. The normalized spacial score (nSPS) is 13.9. The van der Waals surface area contributed by atoms with Gasteiger partial charge in [0.2, 0.25) is 0 Å². The molecule has 37 heavy (non-hydrogen) atoms. The maximum Gasteiger partial charge on any atom is 0.387 e. The Balaban J connectivity index is 0.00000186. The number of fused-ring (bicyclic) bond motifs is 1. The number of pyridine rings is 1. The zero-order valence-corrected chi connectivity index (χ0v) is 22.7. The standard InChI is InChI=1S/C27H33F2N3O3.C2H6/c1-16(2)6-5-7-17(3)18-10-11-32-21(15-30-24(32)14-18)19-12-22(34-4)25(23(13-19)35-27(28)29)26(33)31-20-8-9-20;1-2/h10-17,20,27H,5-9H2,1-4H3,(H,31,33);1-2H3. The van der Waals surface area contributed by atoms with Gasteiger partial charge in [-0.25, -0.2) is 4.98 Å². The SMILES string of the molecule is CC.COc1cc(-c2cnc3cc(C(C)CCCC(C)C)ccn23)cc(OC(F)F)c1C(=O)NC1CC1. The average Bonchev–Trinajstić information content (AvgIpc) is 3.58. The highest BCUT2D eigenvalue weighted by Gasteiger charge is 2.29. The van der Waals surface area contributed by atoms with E-state index in [1.165, 1.54) is 31.6 Å². The minimum absolute atomic E-state index is 0.0326. The molecule has 1 fully saturated rings. The zero-order chi connectivity index (χ0) is 27.1. The predicted molar refractivity (Wildman–Crippen MR) is 143 cm³/mol. The van der Waals surface area contributed by atoms with Gasteiger partial charge in [0.1, 0.15) is 22.7 Å². The molecule has 6 nitrogen and oxygen atoms in total. The monoisotopic (exact) mass is 515 g/mol. The van der Waals surface area contributed by atoms with Crippen LogP contribution in [0.2, 0.25) is 0 Å². The molecule has 0 bridgehead atoms. The van der Waals surface area contributed by atoms with Crippen LogP contribution in [0.3, 0.4) is 0 Å². The van der Waals surface area contributed by atoms with Gasteiger partial charge >= 0.3 is 6.61 Å². The quantitative estimate of drug-likeness (QED) is 0.288. The summed E-state index contributed by atoms with van der Waals surface area (Å²) in [5.41, 5.74) is 3.19. The van der Waals surface area contributed by atoms with Gasteiger partial charge in [-0.3, -0.25) is 9.20 Å². The Hall–Kier alpha value is -3.16. The van der Waals surface area contributed by atoms with Crippen molar-refractivity contribution in [1.82, 2.24) is 14.7 Å². The predicted octanol–water partition coefficient (Wildman–Crippen LogP) is 7.46. The van der Waals surface area contributed by atoms with E-state index in [1.54, 1.807) is 12.3 Å². The first-order chi connectivity index (χ1) is 17.8. The summed E-state index contributed by atoms with van der Waals surface area (Å²) >= 11 is 0. The average molecular weight is 516 g/mol. The summed E-state index contributed by atoms with van der Waals surface area (Å²) in [6.45, 7) is 7.62. The minimum atomic E-state index is -3.08. The Bertz CT molecular complexity index is 1190. The molecule has 202 valence electrons. The molecule has 1 saturated carbocycles. The molecule has 3 aromatic rings. The molecular formula is C29H39F2N3O3. The second kappa shape index (κ2) is 12.9. The number of hydrogen-bond acceptors (Lipinski definition) is 4. The van der Waals surface area contributed by atoms with E-state index in [-0.39, 0.29) is 23.1 Å². The van der Waals surface area contributed by atoms with Crippen LogP contribution in [0.1, 0.15) is 88.6 Å². The fraction of sp³-hybridized carbons (Fsp3) is 0.517. The van der Waals surface area contributed by atoms with Gasteiger partial charge in [0.25, 0.3) is 5.91 Å². The number of alkyl halides is 2. The van der Waals surface area contributed by atoms with Crippen molar-refractivity contribution in [1.29, 1.82) is 0 Å². The lowest BCUT2D eigenvalue weighted by Gasteiger charge is -2.16. The van der Waals surface area contributed by atoms with E-state index < -0.39 is 12.5 Å². The first kappa shape index (κ1) is 28.4. The molecule has 2 heterocycles. The number of carbonyl (C=O) groups excluding carboxylic acids is 1. The summed E-state index contributed by atoms with van der Waals surface area (Å²) in [6.07, 6.45) is 8.87. The number of carbonyl (C=O) groups is 1. The Kier molecular flexibility index (Phi) is 9.89. The summed E-state index contributed by atoms with van der Waals surface area (Å²) in [4.78, 5) is 17.3. The van der Waals surface area contributed by atoms with Crippen LogP contribution in [0.25, 0.3) is 16.9 Å². The lowest BCUT2D eigenvalue weighted by atomic mass is 9.94. The molecule has 1 unspecified atom stereocenters. The molecule has 1 aromatic carbocycles. The van der Waals surface area contributed by atoms with Gasteiger partial charge in [0.05, 0.1) is 19.0 Å². The maximum absolute atomic E-state index is 13.2. The van der Waals surface area contributed by atoms with Crippen molar-refractivity contribution in [2.24, 2.45) is 5.92 Å². The van der Waals surface area contributed by atoms with Crippen molar-refractivity contribution in [3.63, 3.8) is 0 Å². The molecule has 1 aliphatic carbocycles. The number of ether oxygens (including phenoxy) is 2. The first-order valence-electron chi connectivity index (χ1n) is 13.2. The summed E-state index contributed by atoms with van der Waals surface area (Å²) in [5.74, 6) is 0.566. The van der Waals surface area contributed by atoms with Crippen molar-refractivity contribution >= 4 is 11.6 Å². The molecule has 4 rings (SSSR count). The van der Waals surface area contributed by atoms with Crippen molar-refractivity contribution in [2.75, 3.05) is 7.11 Å². The van der Waals surface area contributed by atoms with Crippen LogP contribution < -0.4 is 14.8 Å². The topological polar surface area (TPSA) is 64.9 Å². The number of nitrogens with one attached hydrogen (secondary N) is 1. The van der Waals surface area contributed by atoms with Crippen LogP contribution in [0.5, 0.6) is 11.5 Å². The van der Waals surface area contributed by atoms with Gasteiger partial charge < -0.3 is 14.8 Å². The molecule has 0 aliphatic heterocycles. The molecule has 0 radical (unpaired) electrons. The highest BCUT2D eigenvalue weighted by Crippen LogP contribution is 2.37. The van der Waals surface area contributed by atoms with Crippen LogP contribution in [0.4, 0.5) is 8.78 Å². The van der Waals surface area contributed by atoms with E-state index in [0.717, 1.165) is 24.9 Å². The van der Waals surface area contributed by atoms with Gasteiger partial charge in [0, 0.05) is 17.8 Å². The Labute approximate surface area is 218 Å². The minimum Gasteiger partial charge on any atom is -0.496 e. The van der Waals surface area contributed by atoms with E-state index >= 15 is 0 Å². The van der Waals surface area contributed by atoms with E-state index in [2.05, 4.69) is 43.2 Å². The fourth-order valence-corrected chi connectivity index (χ4v) is 4.31. The third kappa shape index (κ3) is 7.21. The summed E-state index contributed by atoms with van der Waals surface area (Å²) in [5, 5.41) is 2.82. The summed E-state index contributed by atoms with van der Waals surface area (Å²) in [7, 11) is 1.40. The van der Waals surface area contributed by atoms with Crippen LogP contribution in [-0.4, -0.2) is 35.1 Å². The van der Waals surface area contributed by atoms with Gasteiger partial charge in [-0.1, -0.05) is 47.5 Å². The molecule has 8 heteroatoms. The highest BCUT2D eigenvalue weighted by molar-refractivity contribution is 6.01. The second-order valence-corrected chi connectivity index (χ2v) is 9.74. The Morgan fingerprint density at radius 3 is 2.46 bits per heavy atom. The zero-order valence-electron chi connectivity index (χ0n) is 22.7. The molecule has 1 aliphatic rings. The number of rotatable bonds is 11. The van der Waals surface area contributed by atoms with E-state index in [9.17, 15) is 13.6 Å². The lowest BCUT2D eigenvalue weighted by Crippen LogP contribution is -2.26. The second-order valence-electron chi connectivity index (χ2n) is 9.74. The maximum atomic E-state index is 13.2.